The Labute approximate surface area is 217 Å². The van der Waals surface area contributed by atoms with Gasteiger partial charge in [-0.15, -0.1) is 0 Å². The van der Waals surface area contributed by atoms with E-state index in [1.165, 1.54) is 4.90 Å². The number of Topliss-reactive ketones (excluding diaryl/α,β-unsaturated/α-hetero) is 1. The highest BCUT2D eigenvalue weighted by Crippen LogP contribution is 2.43. The lowest BCUT2D eigenvalue weighted by atomic mass is 9.94. The van der Waals surface area contributed by atoms with E-state index in [0.29, 0.717) is 34.9 Å². The first-order valence-electron chi connectivity index (χ1n) is 12.3. The molecule has 1 aliphatic heterocycles. The second-order valence-electron chi connectivity index (χ2n) is 9.28. The van der Waals surface area contributed by atoms with Crippen molar-refractivity contribution in [2.75, 3.05) is 30.5 Å². The third-order valence-corrected chi connectivity index (χ3v) is 6.06. The fourth-order valence-corrected chi connectivity index (χ4v) is 4.40. The Hall–Kier alpha value is -4.26. The summed E-state index contributed by atoms with van der Waals surface area (Å²) in [5.41, 5.74) is 2.59. The zero-order valence-corrected chi connectivity index (χ0v) is 21.8. The van der Waals surface area contributed by atoms with E-state index in [1.807, 2.05) is 64.0 Å². The Balaban J connectivity index is 1.89. The summed E-state index contributed by atoms with van der Waals surface area (Å²) in [6.07, 6.45) is -0.0594. The Kier molecular flexibility index (Phi) is 7.53. The van der Waals surface area contributed by atoms with E-state index in [2.05, 4.69) is 0 Å². The van der Waals surface area contributed by atoms with Crippen molar-refractivity contribution >= 4 is 28.8 Å². The van der Waals surface area contributed by atoms with E-state index in [9.17, 15) is 14.7 Å². The minimum Gasteiger partial charge on any atom is -0.507 e. The molecule has 4 rings (SSSR count). The van der Waals surface area contributed by atoms with Crippen LogP contribution in [0.5, 0.6) is 11.5 Å². The Morgan fingerprint density at radius 3 is 2.30 bits per heavy atom. The molecule has 0 radical (unpaired) electrons. The first kappa shape index (κ1) is 25.8. The van der Waals surface area contributed by atoms with Gasteiger partial charge in [-0.1, -0.05) is 30.3 Å². The lowest BCUT2D eigenvalue weighted by Crippen LogP contribution is -2.29. The predicted octanol–water partition coefficient (Wildman–Crippen LogP) is 5.56. The molecule has 1 aliphatic rings. The van der Waals surface area contributed by atoms with Gasteiger partial charge in [0.1, 0.15) is 17.3 Å². The van der Waals surface area contributed by atoms with Crippen molar-refractivity contribution in [3.8, 4) is 11.5 Å². The Morgan fingerprint density at radius 1 is 0.973 bits per heavy atom. The van der Waals surface area contributed by atoms with Crippen LogP contribution < -0.4 is 19.3 Å². The number of nitrogens with zero attached hydrogens (tertiary/aromatic N) is 2. The third kappa shape index (κ3) is 5.31. The Bertz CT molecular complexity index is 1330. The maximum Gasteiger partial charge on any atom is 0.300 e. The van der Waals surface area contributed by atoms with Crippen LogP contribution in [0.4, 0.5) is 11.4 Å². The average Bonchev–Trinajstić information content (AvgIpc) is 3.14. The van der Waals surface area contributed by atoms with Gasteiger partial charge in [-0.2, -0.15) is 0 Å². The standard InChI is InChI=1S/C30H32N2O5/c1-6-36-24-11-8-10-23(18-24)32-27(20-13-15-22(16-14-20)31(4)5)26(29(34)30(32)35)28(33)21-9-7-12-25(17-21)37-19(2)3/h7-19,27,33H,6H2,1-5H3/b28-26+. The summed E-state index contributed by atoms with van der Waals surface area (Å²) >= 11 is 0. The molecular formula is C30H32N2O5. The highest BCUT2D eigenvalue weighted by atomic mass is 16.5. The van der Waals surface area contributed by atoms with Gasteiger partial charge in [0.15, 0.2) is 0 Å². The predicted molar refractivity (Wildman–Crippen MR) is 145 cm³/mol. The summed E-state index contributed by atoms with van der Waals surface area (Å²) < 4.78 is 11.4. The number of ketones is 1. The topological polar surface area (TPSA) is 79.3 Å². The van der Waals surface area contributed by atoms with Crippen molar-refractivity contribution in [1.29, 1.82) is 0 Å². The van der Waals surface area contributed by atoms with E-state index in [1.54, 1.807) is 48.5 Å². The van der Waals surface area contributed by atoms with Gasteiger partial charge in [0.05, 0.1) is 24.3 Å². The number of hydrogen-bond donors (Lipinski definition) is 1. The highest BCUT2D eigenvalue weighted by molar-refractivity contribution is 6.51. The molecule has 1 fully saturated rings. The molecular weight excluding hydrogens is 468 g/mol. The zero-order chi connectivity index (χ0) is 26.7. The minimum absolute atomic E-state index is 0.0195. The lowest BCUT2D eigenvalue weighted by Gasteiger charge is -2.26. The second kappa shape index (κ2) is 10.8. The van der Waals surface area contributed by atoms with E-state index in [-0.39, 0.29) is 17.4 Å². The summed E-state index contributed by atoms with van der Waals surface area (Å²) in [7, 11) is 3.87. The molecule has 7 heteroatoms. The normalized spacial score (nSPS) is 16.8. The number of benzene rings is 3. The minimum atomic E-state index is -0.831. The maximum absolute atomic E-state index is 13.5. The fraction of sp³-hybridized carbons (Fsp3) is 0.267. The van der Waals surface area contributed by atoms with Gasteiger partial charge < -0.3 is 19.5 Å². The van der Waals surface area contributed by atoms with Crippen LogP contribution in [-0.4, -0.2) is 43.6 Å². The quantitative estimate of drug-likeness (QED) is 0.248. The molecule has 37 heavy (non-hydrogen) atoms. The van der Waals surface area contributed by atoms with Gasteiger partial charge in [-0.05, 0) is 62.7 Å². The van der Waals surface area contributed by atoms with Crippen LogP contribution >= 0.6 is 0 Å². The number of rotatable bonds is 8. The van der Waals surface area contributed by atoms with Gasteiger partial charge in [-0.25, -0.2) is 0 Å². The number of aliphatic hydroxyl groups is 1. The van der Waals surface area contributed by atoms with E-state index in [4.69, 9.17) is 9.47 Å². The monoisotopic (exact) mass is 500 g/mol. The van der Waals surface area contributed by atoms with Crippen LogP contribution in [0.1, 0.15) is 37.9 Å². The van der Waals surface area contributed by atoms with Crippen LogP contribution in [0.2, 0.25) is 0 Å². The average molecular weight is 501 g/mol. The van der Waals surface area contributed by atoms with Crippen LogP contribution in [-0.2, 0) is 9.59 Å². The van der Waals surface area contributed by atoms with Crippen molar-refractivity contribution in [3.05, 3.63) is 89.5 Å². The number of ether oxygens (including phenoxy) is 2. The smallest absolute Gasteiger partial charge is 0.300 e. The first-order valence-corrected chi connectivity index (χ1v) is 12.3. The van der Waals surface area contributed by atoms with Crippen LogP contribution in [0.15, 0.2) is 78.4 Å². The van der Waals surface area contributed by atoms with E-state index < -0.39 is 17.7 Å². The Morgan fingerprint density at radius 2 is 1.65 bits per heavy atom. The molecule has 3 aromatic rings. The summed E-state index contributed by atoms with van der Waals surface area (Å²) in [4.78, 5) is 30.3. The van der Waals surface area contributed by atoms with Crippen molar-refractivity contribution < 1.29 is 24.2 Å². The van der Waals surface area contributed by atoms with Gasteiger partial charge in [0, 0.05) is 37.1 Å². The molecule has 0 bridgehead atoms. The van der Waals surface area contributed by atoms with E-state index >= 15 is 0 Å². The number of hydrogen-bond acceptors (Lipinski definition) is 6. The third-order valence-electron chi connectivity index (χ3n) is 6.06. The number of anilines is 2. The maximum atomic E-state index is 13.5. The molecule has 7 nitrogen and oxygen atoms in total. The van der Waals surface area contributed by atoms with Gasteiger partial charge in [0.2, 0.25) is 0 Å². The van der Waals surface area contributed by atoms with Crippen molar-refractivity contribution in [1.82, 2.24) is 0 Å². The molecule has 1 atom stereocenters. The van der Waals surface area contributed by atoms with Gasteiger partial charge in [0.25, 0.3) is 11.7 Å². The number of amides is 1. The fourth-order valence-electron chi connectivity index (χ4n) is 4.40. The molecule has 1 unspecified atom stereocenters. The molecule has 1 amide bonds. The number of carbonyl (C=O) groups is 2. The molecule has 1 heterocycles. The van der Waals surface area contributed by atoms with Crippen molar-refractivity contribution in [2.24, 2.45) is 0 Å². The zero-order valence-electron chi connectivity index (χ0n) is 21.8. The van der Waals surface area contributed by atoms with E-state index in [0.717, 1.165) is 5.69 Å². The molecule has 0 aliphatic carbocycles. The van der Waals surface area contributed by atoms with Crippen molar-refractivity contribution in [2.45, 2.75) is 32.9 Å². The molecule has 192 valence electrons. The summed E-state index contributed by atoms with van der Waals surface area (Å²) in [6, 6.07) is 20.7. The highest BCUT2D eigenvalue weighted by Gasteiger charge is 2.47. The SMILES string of the molecule is CCOc1cccc(N2C(=O)C(=O)/C(=C(/O)c3cccc(OC(C)C)c3)C2c2ccc(N(C)C)cc2)c1. The lowest BCUT2D eigenvalue weighted by molar-refractivity contribution is -0.132. The first-order chi connectivity index (χ1) is 17.7. The van der Waals surface area contributed by atoms with Gasteiger partial charge >= 0.3 is 0 Å². The summed E-state index contributed by atoms with van der Waals surface area (Å²) in [5, 5.41) is 11.4. The number of carbonyl (C=O) groups excluding carboxylic acids is 2. The molecule has 0 aromatic heterocycles. The van der Waals surface area contributed by atoms with Crippen LogP contribution in [0.25, 0.3) is 5.76 Å². The molecule has 0 spiro atoms. The van der Waals surface area contributed by atoms with Crippen LogP contribution in [0.3, 0.4) is 0 Å². The van der Waals surface area contributed by atoms with Crippen molar-refractivity contribution in [3.63, 3.8) is 0 Å². The molecule has 3 aromatic carbocycles. The molecule has 0 saturated carbocycles. The summed E-state index contributed by atoms with van der Waals surface area (Å²) in [6.45, 7) is 6.16. The van der Waals surface area contributed by atoms with Crippen LogP contribution in [0, 0.1) is 0 Å². The van der Waals surface area contributed by atoms with Gasteiger partial charge in [-0.3, -0.25) is 14.5 Å². The number of aliphatic hydroxyl groups excluding tert-OH is 1. The molecule has 1 N–H and O–H groups in total. The summed E-state index contributed by atoms with van der Waals surface area (Å²) in [5.74, 6) is -0.577. The molecule has 1 saturated heterocycles. The second-order valence-corrected chi connectivity index (χ2v) is 9.28. The largest absolute Gasteiger partial charge is 0.507 e.